The summed E-state index contributed by atoms with van der Waals surface area (Å²) < 4.78 is 42.1. The Morgan fingerprint density at radius 2 is 1.97 bits per heavy atom. The van der Waals surface area contributed by atoms with Crippen molar-refractivity contribution in [2.24, 2.45) is 10.8 Å². The van der Waals surface area contributed by atoms with E-state index in [2.05, 4.69) is 27.7 Å². The number of nitrogens with one attached hydrogen (secondary N) is 1. The molecule has 0 fully saturated rings. The normalized spacial score (nSPS) is 10.9. The fraction of sp³-hybridized carbons (Fsp3) is 0.222. The molecule has 0 bridgehead atoms. The van der Waals surface area contributed by atoms with E-state index < -0.39 is 10.1 Å². The molecule has 0 atom stereocenters. The van der Waals surface area contributed by atoms with Crippen LogP contribution in [0.2, 0.25) is 0 Å². The smallest absolute Gasteiger partial charge is 0.342 e. The quantitative estimate of drug-likeness (QED) is 0.242. The summed E-state index contributed by atoms with van der Waals surface area (Å²) in [5.41, 5.74) is 6.09. The maximum Gasteiger partial charge on any atom is 0.342 e. The molecule has 0 heterocycles. The molecule has 0 aromatic heterocycles. The van der Waals surface area contributed by atoms with Gasteiger partial charge in [0.05, 0.1) is 13.7 Å². The van der Waals surface area contributed by atoms with E-state index in [1.54, 1.807) is 25.1 Å². The topological polar surface area (TPSA) is 127 Å². The number of nitrogens with zero attached hydrogens (tertiary/aromatic N) is 2. The number of ether oxygens (including phenoxy) is 2. The van der Waals surface area contributed by atoms with Crippen LogP contribution in [0.25, 0.3) is 0 Å². The first kappa shape index (κ1) is 22.5. The van der Waals surface area contributed by atoms with Crippen LogP contribution in [0.1, 0.15) is 5.56 Å². The van der Waals surface area contributed by atoms with Gasteiger partial charge in [-0.05, 0) is 42.8 Å². The molecule has 0 aliphatic rings. The Morgan fingerprint density at radius 3 is 2.59 bits per heavy atom. The van der Waals surface area contributed by atoms with Crippen molar-refractivity contribution >= 4 is 38.7 Å². The van der Waals surface area contributed by atoms with Gasteiger partial charge in [-0.15, -0.1) is 0 Å². The number of nitrogens with two attached hydrogens (primary N) is 1. The molecule has 3 N–H and O–H groups in total. The fourth-order valence-electron chi connectivity index (χ4n) is 2.38. The van der Waals surface area contributed by atoms with E-state index in [0.29, 0.717) is 10.2 Å². The van der Waals surface area contributed by atoms with Crippen LogP contribution in [0.5, 0.6) is 17.2 Å². The van der Waals surface area contributed by atoms with Crippen LogP contribution >= 0.6 is 15.9 Å². The predicted molar refractivity (Wildman–Crippen MR) is 113 cm³/mol. The highest BCUT2D eigenvalue weighted by Crippen LogP contribution is 2.31. The van der Waals surface area contributed by atoms with E-state index >= 15 is 0 Å². The average molecular weight is 485 g/mol. The van der Waals surface area contributed by atoms with Gasteiger partial charge < -0.3 is 19.4 Å². The minimum atomic E-state index is -4.15. The lowest BCUT2D eigenvalue weighted by Crippen LogP contribution is -2.34. The van der Waals surface area contributed by atoms with Crippen molar-refractivity contribution in [3.05, 3.63) is 46.4 Å². The van der Waals surface area contributed by atoms with Crippen LogP contribution in [0, 0.1) is 12.3 Å². The first-order chi connectivity index (χ1) is 13.7. The second-order valence-corrected chi connectivity index (χ2v) is 8.24. The van der Waals surface area contributed by atoms with Crippen molar-refractivity contribution in [3.63, 3.8) is 0 Å². The Hall–Kier alpha value is -2.79. The maximum absolute atomic E-state index is 12.7. The number of benzene rings is 2. The van der Waals surface area contributed by atoms with Gasteiger partial charge in [0.2, 0.25) is 5.96 Å². The summed E-state index contributed by atoms with van der Waals surface area (Å²) in [6.07, 6.45) is 0. The lowest BCUT2D eigenvalue weighted by Gasteiger charge is -2.16. The van der Waals surface area contributed by atoms with E-state index in [-0.39, 0.29) is 35.5 Å². The molecule has 0 aliphatic heterocycles. The summed E-state index contributed by atoms with van der Waals surface area (Å²) >= 11 is 3.25. The van der Waals surface area contributed by atoms with Gasteiger partial charge in [-0.25, -0.2) is 5.01 Å². The summed E-state index contributed by atoms with van der Waals surface area (Å²) in [6.45, 7) is 5.45. The van der Waals surface area contributed by atoms with E-state index in [4.69, 9.17) is 24.8 Å². The summed E-state index contributed by atoms with van der Waals surface area (Å²) in [7, 11) is -2.77. The molecule has 2 rings (SSSR count). The zero-order valence-electron chi connectivity index (χ0n) is 15.9. The number of rotatable bonds is 9. The zero-order chi connectivity index (χ0) is 21.6. The molecule has 0 saturated heterocycles. The molecule has 9 nitrogen and oxygen atoms in total. The number of guanidine groups is 1. The van der Waals surface area contributed by atoms with Gasteiger partial charge in [-0.3, -0.25) is 5.41 Å². The van der Waals surface area contributed by atoms with Gasteiger partial charge in [-0.1, -0.05) is 15.9 Å². The number of halogens is 1. The van der Waals surface area contributed by atoms with E-state index in [1.165, 1.54) is 25.3 Å². The maximum atomic E-state index is 12.7. The van der Waals surface area contributed by atoms with E-state index in [1.807, 2.05) is 0 Å². The average Bonchev–Trinajstić information content (AvgIpc) is 2.64. The van der Waals surface area contributed by atoms with Gasteiger partial charge in [0, 0.05) is 17.3 Å². The molecule has 0 aliphatic carbocycles. The zero-order valence-corrected chi connectivity index (χ0v) is 18.3. The highest BCUT2D eigenvalue weighted by Gasteiger charge is 2.23. The van der Waals surface area contributed by atoms with Gasteiger partial charge in [0.1, 0.15) is 28.8 Å². The highest BCUT2D eigenvalue weighted by molar-refractivity contribution is 9.10. The molecule has 0 spiro atoms. The van der Waals surface area contributed by atoms with Gasteiger partial charge >= 0.3 is 10.1 Å². The molecular weight excluding hydrogens is 464 g/mol. The number of aryl methyl sites for hydroxylation is 1. The molecule has 0 radical (unpaired) electrons. The lowest BCUT2D eigenvalue weighted by molar-refractivity contribution is 0.271. The van der Waals surface area contributed by atoms with Crippen LogP contribution in [0.15, 0.2) is 50.9 Å². The Bertz CT molecular complexity index is 1010. The predicted octanol–water partition coefficient (Wildman–Crippen LogP) is 2.72. The third-order valence-corrected chi connectivity index (χ3v) is 5.41. The van der Waals surface area contributed by atoms with Crippen LogP contribution in [0.4, 0.5) is 0 Å². The van der Waals surface area contributed by atoms with Crippen molar-refractivity contribution in [2.45, 2.75) is 11.8 Å². The number of methoxy groups -OCH3 is 1. The van der Waals surface area contributed by atoms with Crippen molar-refractivity contribution < 1.29 is 22.1 Å². The third kappa shape index (κ3) is 6.09. The molecule has 2 aromatic carbocycles. The SMILES string of the molecule is C=NN(CCOc1cc(C)cc(OS(=O)(=O)c2cc(Br)ccc2OC)c1)C(=N)N. The van der Waals surface area contributed by atoms with Gasteiger partial charge in [0.25, 0.3) is 0 Å². The first-order valence-electron chi connectivity index (χ1n) is 8.27. The highest BCUT2D eigenvalue weighted by atomic mass is 79.9. The van der Waals surface area contributed by atoms with Crippen LogP contribution in [-0.2, 0) is 10.1 Å². The van der Waals surface area contributed by atoms with E-state index in [0.717, 1.165) is 10.6 Å². The van der Waals surface area contributed by atoms with Crippen molar-refractivity contribution in [2.75, 3.05) is 20.3 Å². The summed E-state index contributed by atoms with van der Waals surface area (Å²) in [5, 5.41) is 12.1. The minimum Gasteiger partial charge on any atom is -0.495 e. The van der Waals surface area contributed by atoms with E-state index in [9.17, 15) is 8.42 Å². The molecule has 29 heavy (non-hydrogen) atoms. The molecule has 11 heteroatoms. The lowest BCUT2D eigenvalue weighted by atomic mass is 10.2. The Morgan fingerprint density at radius 1 is 1.28 bits per heavy atom. The summed E-state index contributed by atoms with van der Waals surface area (Å²) in [6, 6.07) is 9.34. The fourth-order valence-corrected chi connectivity index (χ4v) is 4.00. The molecule has 0 amide bonds. The molecule has 0 saturated carbocycles. The minimum absolute atomic E-state index is 0.0901. The summed E-state index contributed by atoms with van der Waals surface area (Å²) in [5.74, 6) is 0.390. The van der Waals surface area contributed by atoms with Crippen molar-refractivity contribution in [1.82, 2.24) is 5.01 Å². The number of hydrazone groups is 1. The standard InChI is InChI=1S/C18H21BrN4O5S/c1-12-8-14(27-7-6-23(22-2)18(20)21)11-15(9-12)28-29(24,25)17-10-13(19)4-5-16(17)26-3/h4-5,8-11H,2,6-7H2,1,3H3,(H3,20,21). The molecule has 0 unspecified atom stereocenters. The number of hydrogen-bond acceptors (Lipinski definition) is 7. The van der Waals surface area contributed by atoms with Crippen LogP contribution in [0.3, 0.4) is 0 Å². The monoisotopic (exact) mass is 484 g/mol. The van der Waals surface area contributed by atoms with Gasteiger partial charge in [0.15, 0.2) is 0 Å². The first-order valence-corrected chi connectivity index (χ1v) is 10.5. The second kappa shape index (κ2) is 9.61. The largest absolute Gasteiger partial charge is 0.495 e. The van der Waals surface area contributed by atoms with Crippen molar-refractivity contribution in [3.8, 4) is 17.2 Å². The van der Waals surface area contributed by atoms with Crippen LogP contribution < -0.4 is 19.4 Å². The molecular formula is C18H21BrN4O5S. The summed E-state index contributed by atoms with van der Waals surface area (Å²) in [4.78, 5) is -0.104. The Kier molecular flexibility index (Phi) is 7.46. The Balaban J connectivity index is 2.20. The number of hydrogen-bond donors (Lipinski definition) is 2. The van der Waals surface area contributed by atoms with Crippen molar-refractivity contribution in [1.29, 1.82) is 5.41 Å². The third-order valence-electron chi connectivity index (χ3n) is 3.65. The Labute approximate surface area is 177 Å². The molecule has 2 aromatic rings. The molecule has 156 valence electrons. The second-order valence-electron chi connectivity index (χ2n) is 5.81. The van der Waals surface area contributed by atoms with Crippen LogP contribution in [-0.4, -0.2) is 46.4 Å². The van der Waals surface area contributed by atoms with Gasteiger partial charge in [-0.2, -0.15) is 13.5 Å².